The first-order valence-electron chi connectivity index (χ1n) is 5.63. The maximum Gasteiger partial charge on any atom is 0.0245 e. The number of halogens is 1. The highest BCUT2D eigenvalue weighted by molar-refractivity contribution is 14.1. The van der Waals surface area contributed by atoms with Gasteiger partial charge < -0.3 is 0 Å². The van der Waals surface area contributed by atoms with E-state index in [1.807, 2.05) is 30.3 Å². The van der Waals surface area contributed by atoms with Crippen LogP contribution in [0, 0.1) is 15.4 Å². The summed E-state index contributed by atoms with van der Waals surface area (Å²) in [7, 11) is 0. The van der Waals surface area contributed by atoms with Crippen LogP contribution in [0.25, 0.3) is 0 Å². The number of aryl methyl sites for hydroxylation is 1. The summed E-state index contributed by atoms with van der Waals surface area (Å²) in [5.41, 5.74) is 2.48. The molecule has 2 aromatic carbocycles. The molecule has 0 aliphatic carbocycles. The van der Waals surface area contributed by atoms with Crippen LogP contribution in [-0.4, -0.2) is 0 Å². The molecule has 0 radical (unpaired) electrons. The van der Waals surface area contributed by atoms with Gasteiger partial charge in [-0.05, 0) is 52.8 Å². The average molecular weight is 332 g/mol. The lowest BCUT2D eigenvalue weighted by Crippen LogP contribution is -1.87. The minimum Gasteiger partial charge on any atom is -0.0975 e. The van der Waals surface area contributed by atoms with E-state index in [0.717, 1.165) is 18.4 Å². The van der Waals surface area contributed by atoms with E-state index in [0.29, 0.717) is 0 Å². The molecule has 0 atom stereocenters. The van der Waals surface area contributed by atoms with E-state index in [1.165, 1.54) is 9.13 Å². The van der Waals surface area contributed by atoms with E-state index < -0.39 is 0 Å². The second kappa shape index (κ2) is 6.46. The maximum absolute atomic E-state index is 3.22. The fraction of sp³-hybridized carbons (Fsp3) is 0.125. The molecular formula is C16H13I. The first-order chi connectivity index (χ1) is 8.36. The maximum atomic E-state index is 3.22. The molecule has 0 amide bonds. The van der Waals surface area contributed by atoms with Gasteiger partial charge in [-0.2, -0.15) is 0 Å². The minimum atomic E-state index is 0.912. The standard InChI is InChI=1S/C16H13I/c17-16-13-7-6-12-15(16)11-5-4-10-14-8-2-1-3-9-14/h1-3,6-9,12-13H,5,11H2. The van der Waals surface area contributed by atoms with Crippen molar-refractivity contribution in [2.45, 2.75) is 12.8 Å². The molecule has 0 unspecified atom stereocenters. The van der Waals surface area contributed by atoms with E-state index in [-0.39, 0.29) is 0 Å². The number of benzene rings is 2. The second-order valence-corrected chi connectivity index (χ2v) is 4.92. The van der Waals surface area contributed by atoms with Crippen molar-refractivity contribution in [2.24, 2.45) is 0 Å². The highest BCUT2D eigenvalue weighted by Crippen LogP contribution is 2.12. The normalized spacial score (nSPS) is 9.47. The van der Waals surface area contributed by atoms with Crippen LogP contribution in [0.2, 0.25) is 0 Å². The van der Waals surface area contributed by atoms with Crippen LogP contribution in [0.1, 0.15) is 17.5 Å². The summed E-state index contributed by atoms with van der Waals surface area (Å²) in [6.45, 7) is 0. The third-order valence-electron chi connectivity index (χ3n) is 2.48. The van der Waals surface area contributed by atoms with Crippen LogP contribution in [0.3, 0.4) is 0 Å². The quantitative estimate of drug-likeness (QED) is 0.569. The summed E-state index contributed by atoms with van der Waals surface area (Å²) in [6, 6.07) is 18.6. The molecular weight excluding hydrogens is 319 g/mol. The Morgan fingerprint density at radius 2 is 1.59 bits per heavy atom. The number of hydrogen-bond acceptors (Lipinski definition) is 0. The largest absolute Gasteiger partial charge is 0.0975 e. The van der Waals surface area contributed by atoms with E-state index in [4.69, 9.17) is 0 Å². The molecule has 0 N–H and O–H groups in total. The zero-order chi connectivity index (χ0) is 11.9. The number of rotatable bonds is 2. The molecule has 0 nitrogen and oxygen atoms in total. The van der Waals surface area contributed by atoms with Crippen molar-refractivity contribution < 1.29 is 0 Å². The smallest absolute Gasteiger partial charge is 0.0245 e. The molecule has 2 rings (SSSR count). The van der Waals surface area contributed by atoms with Crippen molar-refractivity contribution in [3.05, 3.63) is 69.3 Å². The lowest BCUT2D eigenvalue weighted by atomic mass is 10.1. The molecule has 0 spiro atoms. The molecule has 1 heteroatoms. The lowest BCUT2D eigenvalue weighted by molar-refractivity contribution is 1.02. The van der Waals surface area contributed by atoms with Gasteiger partial charge in [-0.3, -0.25) is 0 Å². The summed E-state index contributed by atoms with van der Waals surface area (Å²) in [5.74, 6) is 6.41. The third kappa shape index (κ3) is 3.90. The first kappa shape index (κ1) is 12.2. The highest BCUT2D eigenvalue weighted by atomic mass is 127. The predicted octanol–water partition coefficient (Wildman–Crippen LogP) is 4.28. The molecule has 0 saturated heterocycles. The van der Waals surface area contributed by atoms with Gasteiger partial charge in [0, 0.05) is 15.6 Å². The van der Waals surface area contributed by atoms with E-state index in [2.05, 4.69) is 58.7 Å². The van der Waals surface area contributed by atoms with Crippen LogP contribution in [-0.2, 0) is 6.42 Å². The molecule has 0 saturated carbocycles. The molecule has 2 aromatic rings. The van der Waals surface area contributed by atoms with Crippen LogP contribution >= 0.6 is 22.6 Å². The summed E-state index contributed by atoms with van der Waals surface area (Å²) in [4.78, 5) is 0. The van der Waals surface area contributed by atoms with Gasteiger partial charge in [-0.1, -0.05) is 48.2 Å². The molecule has 0 aliphatic heterocycles. The van der Waals surface area contributed by atoms with Gasteiger partial charge >= 0.3 is 0 Å². The van der Waals surface area contributed by atoms with Crippen molar-refractivity contribution in [3.63, 3.8) is 0 Å². The molecule has 0 aromatic heterocycles. The summed E-state index contributed by atoms with van der Waals surface area (Å²) >= 11 is 2.38. The van der Waals surface area contributed by atoms with Gasteiger partial charge in [0.2, 0.25) is 0 Å². The topological polar surface area (TPSA) is 0 Å². The molecule has 0 aliphatic rings. The summed E-state index contributed by atoms with van der Waals surface area (Å²) in [5, 5.41) is 0. The van der Waals surface area contributed by atoms with Gasteiger partial charge in [-0.15, -0.1) is 0 Å². The second-order valence-electron chi connectivity index (χ2n) is 3.76. The van der Waals surface area contributed by atoms with Crippen LogP contribution < -0.4 is 0 Å². The van der Waals surface area contributed by atoms with Gasteiger partial charge in [0.1, 0.15) is 0 Å². The fourth-order valence-corrected chi connectivity index (χ4v) is 2.24. The van der Waals surface area contributed by atoms with Crippen molar-refractivity contribution in [3.8, 4) is 11.8 Å². The minimum absolute atomic E-state index is 0.912. The fourth-order valence-electron chi connectivity index (χ4n) is 1.58. The van der Waals surface area contributed by atoms with E-state index in [1.54, 1.807) is 0 Å². The Balaban J connectivity index is 1.93. The zero-order valence-electron chi connectivity index (χ0n) is 9.49. The number of hydrogen-bond donors (Lipinski definition) is 0. The zero-order valence-corrected chi connectivity index (χ0v) is 11.6. The van der Waals surface area contributed by atoms with Crippen molar-refractivity contribution in [1.29, 1.82) is 0 Å². The highest BCUT2D eigenvalue weighted by Gasteiger charge is 1.95. The van der Waals surface area contributed by atoms with E-state index >= 15 is 0 Å². The molecule has 0 bridgehead atoms. The predicted molar refractivity (Wildman–Crippen MR) is 80.8 cm³/mol. The third-order valence-corrected chi connectivity index (χ3v) is 3.54. The van der Waals surface area contributed by atoms with Crippen molar-refractivity contribution >= 4 is 22.6 Å². The summed E-state index contributed by atoms with van der Waals surface area (Å²) in [6.07, 6.45) is 1.94. The lowest BCUT2D eigenvalue weighted by Gasteiger charge is -1.99. The molecule has 0 fully saturated rings. The van der Waals surface area contributed by atoms with Gasteiger partial charge in [-0.25, -0.2) is 0 Å². The van der Waals surface area contributed by atoms with Gasteiger partial charge in [0.25, 0.3) is 0 Å². The Morgan fingerprint density at radius 3 is 2.35 bits per heavy atom. The molecule has 17 heavy (non-hydrogen) atoms. The molecule has 0 heterocycles. The van der Waals surface area contributed by atoms with Crippen molar-refractivity contribution in [1.82, 2.24) is 0 Å². The summed E-state index contributed by atoms with van der Waals surface area (Å²) < 4.78 is 1.33. The Kier molecular flexibility index (Phi) is 4.63. The van der Waals surface area contributed by atoms with Crippen LogP contribution in [0.4, 0.5) is 0 Å². The Bertz CT molecular complexity index is 532. The average Bonchev–Trinajstić information content (AvgIpc) is 2.38. The Hall–Kier alpha value is -1.27. The Morgan fingerprint density at radius 1 is 0.882 bits per heavy atom. The van der Waals surface area contributed by atoms with Gasteiger partial charge in [0.05, 0.1) is 0 Å². The molecule has 84 valence electrons. The van der Waals surface area contributed by atoms with Gasteiger partial charge in [0.15, 0.2) is 0 Å². The Labute approximate surface area is 116 Å². The SMILES string of the molecule is Ic1ccccc1CCC#Cc1ccccc1. The van der Waals surface area contributed by atoms with Crippen molar-refractivity contribution in [2.75, 3.05) is 0 Å². The van der Waals surface area contributed by atoms with Crippen LogP contribution in [0.5, 0.6) is 0 Å². The first-order valence-corrected chi connectivity index (χ1v) is 6.71. The monoisotopic (exact) mass is 332 g/mol. The van der Waals surface area contributed by atoms with E-state index in [9.17, 15) is 0 Å². The van der Waals surface area contributed by atoms with Crippen LogP contribution in [0.15, 0.2) is 54.6 Å².